The van der Waals surface area contributed by atoms with Gasteiger partial charge >= 0.3 is 5.97 Å². The topological polar surface area (TPSA) is 49.3 Å². The molecule has 1 unspecified atom stereocenters. The van der Waals surface area contributed by atoms with Crippen molar-refractivity contribution in [2.75, 3.05) is 6.54 Å². The monoisotopic (exact) mass is 213 g/mol. The Labute approximate surface area is 87.8 Å². The molecule has 1 aromatic heterocycles. The minimum absolute atomic E-state index is 0.187. The second kappa shape index (κ2) is 5.78. The van der Waals surface area contributed by atoms with Crippen molar-refractivity contribution in [3.63, 3.8) is 0 Å². The second-order valence-electron chi connectivity index (χ2n) is 3.41. The Balaban J connectivity index is 2.12. The van der Waals surface area contributed by atoms with Gasteiger partial charge in [-0.05, 0) is 23.9 Å². The predicted molar refractivity (Wildman–Crippen MR) is 57.4 cm³/mol. The van der Waals surface area contributed by atoms with Crippen molar-refractivity contribution < 1.29 is 9.90 Å². The number of carboxylic acid groups (broad SMARTS) is 1. The molecular formula is C10H15NO2S. The molecule has 0 aliphatic carbocycles. The lowest BCUT2D eigenvalue weighted by molar-refractivity contribution is -0.137. The Hall–Kier alpha value is -0.870. The molecule has 4 heteroatoms. The molecule has 1 aromatic rings. The van der Waals surface area contributed by atoms with Gasteiger partial charge in [0, 0.05) is 17.8 Å². The number of carbonyl (C=O) groups is 1. The number of hydrogen-bond acceptors (Lipinski definition) is 3. The zero-order valence-corrected chi connectivity index (χ0v) is 9.01. The maximum atomic E-state index is 10.4. The predicted octanol–water partition coefficient (Wildman–Crippen LogP) is 1.95. The lowest BCUT2D eigenvalue weighted by Crippen LogP contribution is -2.22. The van der Waals surface area contributed by atoms with Gasteiger partial charge in [-0.15, -0.1) is 11.3 Å². The van der Waals surface area contributed by atoms with E-state index >= 15 is 0 Å². The maximum Gasteiger partial charge on any atom is 0.303 e. The largest absolute Gasteiger partial charge is 0.481 e. The molecule has 1 atom stereocenters. The van der Waals surface area contributed by atoms with Crippen molar-refractivity contribution in [3.05, 3.63) is 22.4 Å². The summed E-state index contributed by atoms with van der Waals surface area (Å²) in [6.07, 6.45) is 0.234. The highest BCUT2D eigenvalue weighted by Gasteiger charge is 2.06. The maximum absolute atomic E-state index is 10.4. The summed E-state index contributed by atoms with van der Waals surface area (Å²) in [5.41, 5.74) is 0. The molecule has 14 heavy (non-hydrogen) atoms. The molecule has 0 radical (unpaired) electrons. The minimum Gasteiger partial charge on any atom is -0.481 e. The third kappa shape index (κ3) is 4.39. The molecule has 0 aliphatic heterocycles. The molecule has 0 spiro atoms. The van der Waals surface area contributed by atoms with Gasteiger partial charge in [0.1, 0.15) is 0 Å². The lowest BCUT2D eigenvalue weighted by Gasteiger charge is -2.08. The number of nitrogens with one attached hydrogen (secondary N) is 1. The van der Waals surface area contributed by atoms with Crippen LogP contribution in [0.3, 0.4) is 0 Å². The molecule has 2 N–H and O–H groups in total. The molecule has 1 heterocycles. The third-order valence-corrected chi connectivity index (χ3v) is 2.77. The van der Waals surface area contributed by atoms with Crippen LogP contribution in [-0.4, -0.2) is 17.6 Å². The van der Waals surface area contributed by atoms with Gasteiger partial charge in [-0.2, -0.15) is 0 Å². The molecule has 0 saturated heterocycles. The van der Waals surface area contributed by atoms with Crippen molar-refractivity contribution >= 4 is 17.3 Å². The van der Waals surface area contributed by atoms with Crippen molar-refractivity contribution in [2.45, 2.75) is 19.9 Å². The molecule has 0 bridgehead atoms. The van der Waals surface area contributed by atoms with E-state index in [1.807, 2.05) is 18.4 Å². The van der Waals surface area contributed by atoms with Crippen molar-refractivity contribution in [2.24, 2.45) is 5.92 Å². The summed E-state index contributed by atoms with van der Waals surface area (Å²) < 4.78 is 0. The van der Waals surface area contributed by atoms with Crippen LogP contribution in [0.5, 0.6) is 0 Å². The van der Waals surface area contributed by atoms with E-state index < -0.39 is 5.97 Å². The fourth-order valence-electron chi connectivity index (χ4n) is 1.23. The molecule has 3 nitrogen and oxygen atoms in total. The van der Waals surface area contributed by atoms with E-state index in [0.29, 0.717) is 0 Å². The van der Waals surface area contributed by atoms with Crippen molar-refractivity contribution in [1.29, 1.82) is 0 Å². The van der Waals surface area contributed by atoms with Crippen LogP contribution in [0.2, 0.25) is 0 Å². The number of rotatable bonds is 6. The Bertz CT molecular complexity index is 272. The Morgan fingerprint density at radius 3 is 3.07 bits per heavy atom. The summed E-state index contributed by atoms with van der Waals surface area (Å²) in [7, 11) is 0. The first kappa shape index (κ1) is 11.2. The summed E-state index contributed by atoms with van der Waals surface area (Å²) >= 11 is 1.71. The average Bonchev–Trinajstić information content (AvgIpc) is 2.55. The van der Waals surface area contributed by atoms with E-state index in [-0.39, 0.29) is 12.3 Å². The molecule has 0 amide bonds. The van der Waals surface area contributed by atoms with Crippen LogP contribution < -0.4 is 5.32 Å². The molecule has 0 fully saturated rings. The quantitative estimate of drug-likeness (QED) is 0.759. The lowest BCUT2D eigenvalue weighted by atomic mass is 10.1. The second-order valence-corrected chi connectivity index (χ2v) is 4.45. The van der Waals surface area contributed by atoms with Gasteiger partial charge in [0.25, 0.3) is 0 Å². The van der Waals surface area contributed by atoms with Gasteiger partial charge in [-0.1, -0.05) is 13.0 Å². The minimum atomic E-state index is -0.726. The van der Waals surface area contributed by atoms with E-state index in [1.54, 1.807) is 11.3 Å². The van der Waals surface area contributed by atoms with E-state index in [9.17, 15) is 4.79 Å². The fraction of sp³-hybridized carbons (Fsp3) is 0.500. The van der Waals surface area contributed by atoms with Crippen molar-refractivity contribution in [1.82, 2.24) is 5.32 Å². The Kier molecular flexibility index (Phi) is 4.62. The van der Waals surface area contributed by atoms with Crippen LogP contribution in [0.1, 0.15) is 18.2 Å². The van der Waals surface area contributed by atoms with Crippen LogP contribution in [0.25, 0.3) is 0 Å². The highest BCUT2D eigenvalue weighted by molar-refractivity contribution is 7.09. The normalized spacial score (nSPS) is 12.6. The van der Waals surface area contributed by atoms with E-state index in [0.717, 1.165) is 13.1 Å². The molecule has 0 aliphatic rings. The highest BCUT2D eigenvalue weighted by atomic mass is 32.1. The van der Waals surface area contributed by atoms with Gasteiger partial charge in [0.15, 0.2) is 0 Å². The summed E-state index contributed by atoms with van der Waals surface area (Å²) in [5, 5.41) is 13.8. The summed E-state index contributed by atoms with van der Waals surface area (Å²) in [6, 6.07) is 4.09. The van der Waals surface area contributed by atoms with E-state index in [1.165, 1.54) is 4.88 Å². The third-order valence-electron chi connectivity index (χ3n) is 1.90. The van der Waals surface area contributed by atoms with Gasteiger partial charge in [-0.25, -0.2) is 0 Å². The van der Waals surface area contributed by atoms with Gasteiger partial charge in [-0.3, -0.25) is 4.79 Å². The van der Waals surface area contributed by atoms with Crippen molar-refractivity contribution in [3.8, 4) is 0 Å². The average molecular weight is 213 g/mol. The van der Waals surface area contributed by atoms with Gasteiger partial charge in [0.2, 0.25) is 0 Å². The number of thiophene rings is 1. The smallest absolute Gasteiger partial charge is 0.303 e. The zero-order valence-electron chi connectivity index (χ0n) is 8.19. The molecule has 0 aromatic carbocycles. The first-order chi connectivity index (χ1) is 6.68. The number of aliphatic carboxylic acids is 1. The molecule has 78 valence electrons. The number of carboxylic acids is 1. The summed E-state index contributed by atoms with van der Waals surface area (Å²) in [5.74, 6) is -0.539. The van der Waals surface area contributed by atoms with E-state index in [4.69, 9.17) is 5.11 Å². The highest BCUT2D eigenvalue weighted by Crippen LogP contribution is 2.08. The van der Waals surface area contributed by atoms with E-state index in [2.05, 4.69) is 11.4 Å². The Morgan fingerprint density at radius 2 is 2.50 bits per heavy atom. The molecule has 0 saturated carbocycles. The fourth-order valence-corrected chi connectivity index (χ4v) is 1.90. The van der Waals surface area contributed by atoms with Crippen LogP contribution >= 0.6 is 11.3 Å². The molecule has 1 rings (SSSR count). The number of hydrogen-bond donors (Lipinski definition) is 2. The standard InChI is InChI=1S/C10H15NO2S/c1-8(5-10(12)13)6-11-7-9-3-2-4-14-9/h2-4,8,11H,5-7H2,1H3,(H,12,13). The van der Waals surface area contributed by atoms with Gasteiger partial charge in [0.05, 0.1) is 0 Å². The first-order valence-electron chi connectivity index (χ1n) is 4.63. The zero-order chi connectivity index (χ0) is 10.4. The van der Waals surface area contributed by atoms with Crippen LogP contribution in [-0.2, 0) is 11.3 Å². The first-order valence-corrected chi connectivity index (χ1v) is 5.51. The molecular weight excluding hydrogens is 198 g/mol. The van der Waals surface area contributed by atoms with Crippen LogP contribution in [0.15, 0.2) is 17.5 Å². The summed E-state index contributed by atoms with van der Waals surface area (Å²) in [4.78, 5) is 11.7. The SMILES string of the molecule is CC(CNCc1cccs1)CC(=O)O. The summed E-state index contributed by atoms with van der Waals surface area (Å²) in [6.45, 7) is 3.53. The Morgan fingerprint density at radius 1 is 1.71 bits per heavy atom. The van der Waals surface area contributed by atoms with Crippen LogP contribution in [0.4, 0.5) is 0 Å². The van der Waals surface area contributed by atoms with Gasteiger partial charge < -0.3 is 10.4 Å². The van der Waals surface area contributed by atoms with Crippen LogP contribution in [0, 0.1) is 5.92 Å².